The lowest BCUT2D eigenvalue weighted by Crippen LogP contribution is -2.00. The molecule has 11 aromatic rings. The maximum Gasteiger partial charge on any atom is 0.164 e. The highest BCUT2D eigenvalue weighted by molar-refractivity contribution is 6.14. The first kappa shape index (κ1) is 35.9. The largest absolute Gasteiger partial charge is 0.455 e. The molecule has 2 heterocycles. The molecule has 0 saturated carbocycles. The molecule has 0 N–H and O–H groups in total. The molecule has 9 aromatic carbocycles. The molecule has 0 aliphatic rings. The summed E-state index contributed by atoms with van der Waals surface area (Å²) in [5, 5.41) is 2.12. The van der Waals surface area contributed by atoms with Gasteiger partial charge in [0.2, 0.25) is 0 Å². The molecule has 0 radical (unpaired) electrons. The summed E-state index contributed by atoms with van der Waals surface area (Å²) < 4.78 is 7.11. The lowest BCUT2D eigenvalue weighted by Gasteiger charge is -2.11. The van der Waals surface area contributed by atoms with Gasteiger partial charge in [0.1, 0.15) is 11.2 Å². The minimum Gasteiger partial charge on any atom is -0.455 e. The van der Waals surface area contributed by atoms with Crippen molar-refractivity contribution < 1.29 is 4.42 Å². The van der Waals surface area contributed by atoms with Gasteiger partial charge in [0.25, 0.3) is 0 Å². The van der Waals surface area contributed by atoms with Crippen LogP contribution in [0.3, 0.4) is 0 Å². The van der Waals surface area contributed by atoms with Crippen molar-refractivity contribution in [1.82, 2.24) is 15.0 Å². The van der Waals surface area contributed by atoms with Gasteiger partial charge in [-0.2, -0.15) is 0 Å². The van der Waals surface area contributed by atoms with E-state index in [1.54, 1.807) is 0 Å². The van der Waals surface area contributed by atoms with Gasteiger partial charge in [-0.05, 0) is 74.8 Å². The molecule has 4 heteroatoms. The van der Waals surface area contributed by atoms with Crippen LogP contribution in [-0.4, -0.2) is 15.0 Å². The van der Waals surface area contributed by atoms with E-state index in [9.17, 15) is 0 Å². The Morgan fingerprint density at radius 2 is 0.607 bits per heavy atom. The highest BCUT2D eigenvalue weighted by atomic mass is 16.3. The van der Waals surface area contributed by atoms with Crippen LogP contribution in [0.4, 0.5) is 0 Å². The van der Waals surface area contributed by atoms with Gasteiger partial charge < -0.3 is 4.42 Å². The molecule has 0 atom stereocenters. The van der Waals surface area contributed by atoms with Gasteiger partial charge in [-0.15, -0.1) is 0 Å². The summed E-state index contributed by atoms with van der Waals surface area (Å²) in [4.78, 5) is 15.0. The standard InChI is InChI=1S/C57H37N3O/c1-5-17-38(18-6-1)42-25-13-27-44(33-42)48-36-51(46-29-14-26-43(34-46)39-19-7-2-8-20-39)54-52(37-48)50-32-16-31-49(53(50)61-54)45-28-15-30-47(35-45)57-59-55(40-21-9-3-10-22-40)58-56(60-57)41-23-11-4-12-24-41/h1-37H. The first-order chi connectivity index (χ1) is 30.2. The zero-order valence-electron chi connectivity index (χ0n) is 33.1. The fraction of sp³-hybridized carbons (Fsp3) is 0. The SMILES string of the molecule is c1ccc(-c2cccc(-c3cc(-c4cccc(-c5ccccc5)c4)c4oc5c(-c6cccc(-c7nc(-c8ccccc8)nc(-c8ccccc8)n7)c6)cccc5c4c3)c2)cc1. The Morgan fingerprint density at radius 3 is 1.16 bits per heavy atom. The van der Waals surface area contributed by atoms with E-state index in [0.717, 1.165) is 77.6 Å². The summed E-state index contributed by atoms with van der Waals surface area (Å²) in [6.07, 6.45) is 0. The third-order valence-electron chi connectivity index (χ3n) is 11.3. The highest BCUT2D eigenvalue weighted by Gasteiger charge is 2.20. The summed E-state index contributed by atoms with van der Waals surface area (Å²) in [6, 6.07) is 78.3. The predicted molar refractivity (Wildman–Crippen MR) is 251 cm³/mol. The maximum atomic E-state index is 7.11. The van der Waals surface area contributed by atoms with E-state index >= 15 is 0 Å². The van der Waals surface area contributed by atoms with Crippen LogP contribution >= 0.6 is 0 Å². The number of benzene rings is 9. The van der Waals surface area contributed by atoms with E-state index in [4.69, 9.17) is 19.4 Å². The molecule has 61 heavy (non-hydrogen) atoms. The van der Waals surface area contributed by atoms with Crippen LogP contribution in [0, 0.1) is 0 Å². The molecule has 0 spiro atoms. The number of hydrogen-bond donors (Lipinski definition) is 0. The summed E-state index contributed by atoms with van der Waals surface area (Å²) in [5.41, 5.74) is 15.5. The first-order valence-electron chi connectivity index (χ1n) is 20.5. The van der Waals surface area contributed by atoms with Crippen molar-refractivity contribution in [3.8, 4) is 89.8 Å². The van der Waals surface area contributed by atoms with Gasteiger partial charge in [0, 0.05) is 38.6 Å². The lowest BCUT2D eigenvalue weighted by atomic mass is 9.92. The zero-order chi connectivity index (χ0) is 40.5. The molecule has 0 bridgehead atoms. The molecule has 4 nitrogen and oxygen atoms in total. The summed E-state index contributed by atoms with van der Waals surface area (Å²) in [7, 11) is 0. The maximum absolute atomic E-state index is 7.11. The second-order valence-corrected chi connectivity index (χ2v) is 15.2. The summed E-state index contributed by atoms with van der Waals surface area (Å²) in [6.45, 7) is 0. The topological polar surface area (TPSA) is 51.8 Å². The number of furan rings is 1. The van der Waals surface area contributed by atoms with Gasteiger partial charge >= 0.3 is 0 Å². The van der Waals surface area contributed by atoms with E-state index in [1.807, 2.05) is 60.7 Å². The van der Waals surface area contributed by atoms with Crippen LogP contribution in [0.15, 0.2) is 229 Å². The Kier molecular flexibility index (Phi) is 9.14. The minimum absolute atomic E-state index is 0.606. The van der Waals surface area contributed by atoms with E-state index in [2.05, 4.69) is 164 Å². The fourth-order valence-corrected chi connectivity index (χ4v) is 8.28. The van der Waals surface area contributed by atoms with E-state index < -0.39 is 0 Å². The Labute approximate surface area is 354 Å². The van der Waals surface area contributed by atoms with Gasteiger partial charge in [-0.3, -0.25) is 0 Å². The summed E-state index contributed by atoms with van der Waals surface area (Å²) >= 11 is 0. The first-order valence-corrected chi connectivity index (χ1v) is 20.5. The smallest absolute Gasteiger partial charge is 0.164 e. The van der Waals surface area contributed by atoms with Crippen molar-refractivity contribution in [3.63, 3.8) is 0 Å². The van der Waals surface area contributed by atoms with Crippen molar-refractivity contribution >= 4 is 21.9 Å². The number of aromatic nitrogens is 3. The average molecular weight is 780 g/mol. The molecule has 0 aliphatic heterocycles. The van der Waals surface area contributed by atoms with Gasteiger partial charge in [-0.25, -0.2) is 15.0 Å². The van der Waals surface area contributed by atoms with Gasteiger partial charge in [-0.1, -0.05) is 194 Å². The number of nitrogens with zero attached hydrogens (tertiary/aromatic N) is 3. The van der Waals surface area contributed by atoms with Crippen molar-refractivity contribution in [2.75, 3.05) is 0 Å². The number of fused-ring (bicyclic) bond motifs is 3. The van der Waals surface area contributed by atoms with Crippen molar-refractivity contribution in [3.05, 3.63) is 224 Å². The fourth-order valence-electron chi connectivity index (χ4n) is 8.28. The van der Waals surface area contributed by atoms with E-state index in [-0.39, 0.29) is 0 Å². The van der Waals surface area contributed by atoms with Gasteiger partial charge in [0.05, 0.1) is 0 Å². The molecule has 2 aromatic heterocycles. The van der Waals surface area contributed by atoms with E-state index in [0.29, 0.717) is 17.5 Å². The number of para-hydroxylation sites is 1. The van der Waals surface area contributed by atoms with Crippen LogP contribution in [0.2, 0.25) is 0 Å². The molecule has 11 rings (SSSR count). The predicted octanol–water partition coefficient (Wildman–Crippen LogP) is 15.1. The quantitative estimate of drug-likeness (QED) is 0.154. The Bertz CT molecular complexity index is 3280. The number of hydrogen-bond acceptors (Lipinski definition) is 4. The number of rotatable bonds is 8. The van der Waals surface area contributed by atoms with E-state index in [1.165, 1.54) is 16.7 Å². The third kappa shape index (κ3) is 6.96. The Balaban J connectivity index is 1.08. The molecular weight excluding hydrogens is 743 g/mol. The lowest BCUT2D eigenvalue weighted by molar-refractivity contribution is 0.671. The van der Waals surface area contributed by atoms with Crippen LogP contribution in [0.5, 0.6) is 0 Å². The Morgan fingerprint density at radius 1 is 0.230 bits per heavy atom. The summed E-state index contributed by atoms with van der Waals surface area (Å²) in [5.74, 6) is 1.86. The van der Waals surface area contributed by atoms with Gasteiger partial charge in [0.15, 0.2) is 17.5 Å². The second kappa shape index (κ2) is 15.5. The van der Waals surface area contributed by atoms with Crippen LogP contribution < -0.4 is 0 Å². The molecular formula is C57H37N3O. The molecule has 0 aliphatic carbocycles. The third-order valence-corrected chi connectivity index (χ3v) is 11.3. The van der Waals surface area contributed by atoms with Crippen LogP contribution in [-0.2, 0) is 0 Å². The van der Waals surface area contributed by atoms with Crippen molar-refractivity contribution in [2.24, 2.45) is 0 Å². The van der Waals surface area contributed by atoms with Crippen LogP contribution in [0.1, 0.15) is 0 Å². The molecule has 286 valence electrons. The van der Waals surface area contributed by atoms with Crippen LogP contribution in [0.25, 0.3) is 112 Å². The highest BCUT2D eigenvalue weighted by Crippen LogP contribution is 2.44. The molecule has 0 saturated heterocycles. The molecule has 0 fully saturated rings. The average Bonchev–Trinajstić information content (AvgIpc) is 3.74. The van der Waals surface area contributed by atoms with Crippen molar-refractivity contribution in [2.45, 2.75) is 0 Å². The Hall–Kier alpha value is -8.21. The monoisotopic (exact) mass is 779 g/mol. The second-order valence-electron chi connectivity index (χ2n) is 15.2. The minimum atomic E-state index is 0.606. The normalized spacial score (nSPS) is 11.3. The molecule has 0 unspecified atom stereocenters. The van der Waals surface area contributed by atoms with Crippen molar-refractivity contribution in [1.29, 1.82) is 0 Å². The zero-order valence-corrected chi connectivity index (χ0v) is 33.1. The molecule has 0 amide bonds.